The van der Waals surface area contributed by atoms with Gasteiger partial charge < -0.3 is 14.2 Å². The average molecular weight is 449 g/mol. The zero-order valence-corrected chi connectivity index (χ0v) is 18.7. The smallest absolute Gasteiger partial charge is 0.425 e. The Morgan fingerprint density at radius 2 is 1.66 bits per heavy atom. The van der Waals surface area contributed by atoms with Gasteiger partial charge in [-0.15, -0.1) is 0 Å². The van der Waals surface area contributed by atoms with E-state index in [-0.39, 0.29) is 18.2 Å². The third kappa shape index (κ3) is 3.88. The Labute approximate surface area is 185 Å². The molecule has 0 saturated carbocycles. The van der Waals surface area contributed by atoms with E-state index in [1.165, 1.54) is 43.5 Å². The van der Waals surface area contributed by atoms with E-state index >= 15 is 0 Å². The summed E-state index contributed by atoms with van der Waals surface area (Å²) in [7, 11) is 2.35. The molecule has 0 spiro atoms. The van der Waals surface area contributed by atoms with Crippen LogP contribution in [-0.4, -0.2) is 65.4 Å². The molecule has 0 radical (unpaired) electrons. The Bertz CT molecular complexity index is 908. The second kappa shape index (κ2) is 8.38. The molecule has 2 saturated heterocycles. The van der Waals surface area contributed by atoms with E-state index in [0.29, 0.717) is 18.5 Å². The van der Waals surface area contributed by atoms with Crippen LogP contribution in [-0.2, 0) is 23.8 Å². The van der Waals surface area contributed by atoms with Gasteiger partial charge in [-0.2, -0.15) is 0 Å². The summed E-state index contributed by atoms with van der Waals surface area (Å²) >= 11 is 0. The van der Waals surface area contributed by atoms with Gasteiger partial charge in [-0.05, 0) is 39.2 Å². The molecule has 1 aromatic rings. The van der Waals surface area contributed by atoms with Crippen molar-refractivity contribution < 1.29 is 33.5 Å². The first-order valence-corrected chi connectivity index (χ1v) is 10.2. The lowest BCUT2D eigenvalue weighted by Gasteiger charge is -2.38. The van der Waals surface area contributed by atoms with Gasteiger partial charge in [0.1, 0.15) is 5.60 Å². The predicted octanol–water partition coefficient (Wildman–Crippen LogP) is 2.60. The maximum absolute atomic E-state index is 13.0. The molecule has 2 fully saturated rings. The zero-order valence-electron chi connectivity index (χ0n) is 18.7. The van der Waals surface area contributed by atoms with Crippen LogP contribution in [0.25, 0.3) is 0 Å². The van der Waals surface area contributed by atoms with Crippen molar-refractivity contribution in [3.05, 3.63) is 39.9 Å². The largest absolute Gasteiger partial charge is 0.468 e. The van der Waals surface area contributed by atoms with Crippen LogP contribution in [0.3, 0.4) is 0 Å². The molecule has 0 aliphatic carbocycles. The Kier molecular flexibility index (Phi) is 6.14. The number of nitro benzene ring substituents is 1. The number of methoxy groups -OCH3 is 2. The molecular formula is C21H27N3O8. The van der Waals surface area contributed by atoms with Gasteiger partial charge in [-0.25, -0.2) is 14.8 Å². The van der Waals surface area contributed by atoms with Gasteiger partial charge in [0.25, 0.3) is 5.69 Å². The van der Waals surface area contributed by atoms with Crippen molar-refractivity contribution in [3.63, 3.8) is 0 Å². The summed E-state index contributed by atoms with van der Waals surface area (Å²) in [6.45, 7) is 5.55. The van der Waals surface area contributed by atoms with Gasteiger partial charge >= 0.3 is 18.0 Å². The van der Waals surface area contributed by atoms with Crippen molar-refractivity contribution in [2.45, 2.75) is 51.3 Å². The number of rotatable bonds is 4. The summed E-state index contributed by atoms with van der Waals surface area (Å²) < 4.78 is 15.5. The first kappa shape index (κ1) is 23.5. The Morgan fingerprint density at radius 3 is 2.12 bits per heavy atom. The summed E-state index contributed by atoms with van der Waals surface area (Å²) in [5.74, 6) is -1.60. The van der Waals surface area contributed by atoms with E-state index in [2.05, 4.69) is 0 Å². The summed E-state index contributed by atoms with van der Waals surface area (Å²) in [6.07, 6.45) is -0.0522. The Balaban J connectivity index is 2.14. The van der Waals surface area contributed by atoms with Crippen molar-refractivity contribution in [2.24, 2.45) is 5.41 Å². The first-order valence-electron chi connectivity index (χ1n) is 10.2. The molecule has 0 bridgehead atoms. The number of carbonyl (C=O) groups is 3. The maximum Gasteiger partial charge on any atom is 0.425 e. The molecule has 3 rings (SSSR count). The highest BCUT2D eigenvalue weighted by Crippen LogP contribution is 2.55. The SMILES string of the molecule is COC(=O)C1(C(=O)OC)C[C@@H]2CCN(C(=O)OC(C)(C)C)N2[C@H]1c1ccc([N+](=O)[O-])cc1. The first-order chi connectivity index (χ1) is 15.0. The van der Waals surface area contributed by atoms with Gasteiger partial charge in [0.05, 0.1) is 25.2 Å². The van der Waals surface area contributed by atoms with Gasteiger partial charge in [0, 0.05) is 24.7 Å². The molecular weight excluding hydrogens is 422 g/mol. The number of hydrogen-bond donors (Lipinski definition) is 0. The molecule has 11 heteroatoms. The van der Waals surface area contributed by atoms with E-state index in [4.69, 9.17) is 14.2 Å². The predicted molar refractivity (Wildman–Crippen MR) is 110 cm³/mol. The van der Waals surface area contributed by atoms with E-state index in [0.717, 1.165) is 0 Å². The molecule has 1 aromatic carbocycles. The molecule has 174 valence electrons. The number of fused-ring (bicyclic) bond motifs is 1. The minimum absolute atomic E-state index is 0.0628. The summed E-state index contributed by atoms with van der Waals surface area (Å²) in [5.41, 5.74) is -2.22. The number of benzene rings is 1. The number of nitro groups is 1. The monoisotopic (exact) mass is 449 g/mol. The highest BCUT2D eigenvalue weighted by atomic mass is 16.6. The van der Waals surface area contributed by atoms with E-state index in [1.807, 2.05) is 0 Å². The van der Waals surface area contributed by atoms with Crippen molar-refractivity contribution >= 4 is 23.7 Å². The summed E-state index contributed by atoms with van der Waals surface area (Å²) in [4.78, 5) is 49.6. The number of non-ortho nitro benzene ring substituents is 1. The van der Waals surface area contributed by atoms with Crippen LogP contribution < -0.4 is 0 Å². The molecule has 0 N–H and O–H groups in total. The summed E-state index contributed by atoms with van der Waals surface area (Å²) in [5, 5.41) is 14.1. The number of nitrogens with zero attached hydrogens (tertiary/aromatic N) is 3. The number of carbonyl (C=O) groups excluding carboxylic acids is 3. The molecule has 11 nitrogen and oxygen atoms in total. The highest BCUT2D eigenvalue weighted by Gasteiger charge is 2.67. The Morgan fingerprint density at radius 1 is 1.09 bits per heavy atom. The number of ether oxygens (including phenoxy) is 3. The number of hydrazine groups is 1. The topological polar surface area (TPSA) is 129 Å². The highest BCUT2D eigenvalue weighted by molar-refractivity contribution is 6.01. The van der Waals surface area contributed by atoms with Crippen molar-refractivity contribution in [1.29, 1.82) is 0 Å². The van der Waals surface area contributed by atoms with Crippen LogP contribution in [0.2, 0.25) is 0 Å². The summed E-state index contributed by atoms with van der Waals surface area (Å²) in [6, 6.07) is 4.18. The van der Waals surface area contributed by atoms with Crippen LogP contribution in [0.4, 0.5) is 10.5 Å². The van der Waals surface area contributed by atoms with Gasteiger partial charge in [-0.1, -0.05) is 12.1 Å². The molecule has 0 aromatic heterocycles. The number of amides is 1. The van der Waals surface area contributed by atoms with Crippen LogP contribution >= 0.6 is 0 Å². The molecule has 32 heavy (non-hydrogen) atoms. The van der Waals surface area contributed by atoms with Crippen LogP contribution in [0.5, 0.6) is 0 Å². The molecule has 2 aliphatic heterocycles. The minimum Gasteiger partial charge on any atom is -0.468 e. The third-order valence-electron chi connectivity index (χ3n) is 5.74. The molecule has 2 atom stereocenters. The van der Waals surface area contributed by atoms with Crippen LogP contribution in [0, 0.1) is 15.5 Å². The second-order valence-electron chi connectivity index (χ2n) is 8.84. The Hall–Kier alpha value is -3.21. The van der Waals surface area contributed by atoms with E-state index in [1.54, 1.807) is 25.8 Å². The fourth-order valence-electron chi connectivity index (χ4n) is 4.52. The van der Waals surface area contributed by atoms with Gasteiger partial charge in [0.15, 0.2) is 5.41 Å². The van der Waals surface area contributed by atoms with Crippen molar-refractivity contribution in [2.75, 3.05) is 20.8 Å². The lowest BCUT2D eigenvalue weighted by atomic mass is 9.76. The molecule has 2 aliphatic rings. The van der Waals surface area contributed by atoms with Gasteiger partial charge in [-0.3, -0.25) is 19.7 Å². The van der Waals surface area contributed by atoms with Crippen molar-refractivity contribution in [3.8, 4) is 0 Å². The average Bonchev–Trinajstić information content (AvgIpc) is 3.28. The lowest BCUT2D eigenvalue weighted by Crippen LogP contribution is -2.51. The van der Waals surface area contributed by atoms with Crippen molar-refractivity contribution in [1.82, 2.24) is 10.0 Å². The zero-order chi connectivity index (χ0) is 23.8. The quantitative estimate of drug-likeness (QED) is 0.224. The van der Waals surface area contributed by atoms with E-state index in [9.17, 15) is 24.5 Å². The minimum atomic E-state index is -1.76. The second-order valence-corrected chi connectivity index (χ2v) is 8.84. The normalized spacial score (nSPS) is 22.2. The number of esters is 2. The molecule has 0 unspecified atom stereocenters. The fourth-order valence-corrected chi connectivity index (χ4v) is 4.52. The molecule has 1 amide bonds. The molecule has 2 heterocycles. The third-order valence-corrected chi connectivity index (χ3v) is 5.74. The fraction of sp³-hybridized carbons (Fsp3) is 0.571. The lowest BCUT2D eigenvalue weighted by molar-refractivity contribution is -0.384. The van der Waals surface area contributed by atoms with E-state index < -0.39 is 40.0 Å². The van der Waals surface area contributed by atoms with Gasteiger partial charge in [0.2, 0.25) is 0 Å². The maximum atomic E-state index is 13.0. The van der Waals surface area contributed by atoms with Crippen LogP contribution in [0.15, 0.2) is 24.3 Å². The van der Waals surface area contributed by atoms with Crippen LogP contribution in [0.1, 0.15) is 45.2 Å². The number of hydrogen-bond acceptors (Lipinski definition) is 9. The standard InChI is InChI=1S/C21H27N3O8/c1-20(2,3)32-19(27)22-11-10-15-12-21(17(25)30-4,18(26)31-5)16(23(15)22)13-6-8-14(9-7-13)24(28)29/h6-9,15-16H,10-12H2,1-5H3/t15-,16-/m0/s1.